The summed E-state index contributed by atoms with van der Waals surface area (Å²) in [6, 6.07) is 1.99. The monoisotopic (exact) mass is 286 g/mol. The molecule has 1 atom stereocenters. The smallest absolute Gasteiger partial charge is 0.0558 e. The van der Waals surface area contributed by atoms with Crippen LogP contribution in [0.4, 0.5) is 0 Å². The zero-order chi connectivity index (χ0) is 13.0. The number of likely N-dealkylation sites (tertiary alicyclic amines) is 1. The molecule has 1 aromatic rings. The fraction of sp³-hybridized carbons (Fsp3) is 0.714. The fourth-order valence-corrected chi connectivity index (χ4v) is 3.92. The summed E-state index contributed by atoms with van der Waals surface area (Å²) >= 11 is 7.89. The van der Waals surface area contributed by atoms with Gasteiger partial charge in [0.2, 0.25) is 0 Å². The Morgan fingerprint density at radius 3 is 2.78 bits per heavy atom. The quantitative estimate of drug-likeness (QED) is 0.789. The Morgan fingerprint density at radius 2 is 2.17 bits per heavy atom. The van der Waals surface area contributed by atoms with Crippen LogP contribution < -0.4 is 0 Å². The summed E-state index contributed by atoms with van der Waals surface area (Å²) in [7, 11) is 2.19. The Hall–Kier alpha value is -0.0900. The Morgan fingerprint density at radius 1 is 1.44 bits per heavy atom. The van der Waals surface area contributed by atoms with Crippen molar-refractivity contribution in [2.45, 2.75) is 26.3 Å². The van der Waals surface area contributed by atoms with Gasteiger partial charge in [-0.05, 0) is 50.3 Å². The second-order valence-corrected chi connectivity index (χ2v) is 6.91. The Balaban J connectivity index is 1.73. The minimum Gasteiger partial charge on any atom is -0.303 e. The van der Waals surface area contributed by atoms with Crippen molar-refractivity contribution in [3.05, 3.63) is 21.3 Å². The maximum absolute atomic E-state index is 6.13. The minimum atomic E-state index is 0.729. The molecule has 1 aromatic heterocycles. The number of nitrogens with zero attached hydrogens (tertiary/aromatic N) is 2. The first kappa shape index (κ1) is 14.3. The maximum Gasteiger partial charge on any atom is 0.0558 e. The van der Waals surface area contributed by atoms with Gasteiger partial charge >= 0.3 is 0 Å². The van der Waals surface area contributed by atoms with Crippen LogP contribution in [0, 0.1) is 5.92 Å². The highest BCUT2D eigenvalue weighted by atomic mass is 35.5. The van der Waals surface area contributed by atoms with Crippen LogP contribution in [0.3, 0.4) is 0 Å². The lowest BCUT2D eigenvalue weighted by atomic mass is 10.1. The molecule has 4 heteroatoms. The fourth-order valence-electron chi connectivity index (χ4n) is 2.74. The van der Waals surface area contributed by atoms with Gasteiger partial charge in [0.05, 0.1) is 5.02 Å². The minimum absolute atomic E-state index is 0.729. The molecule has 102 valence electrons. The number of hydrogen-bond donors (Lipinski definition) is 0. The molecule has 1 aliphatic heterocycles. The van der Waals surface area contributed by atoms with Crippen molar-refractivity contribution in [1.29, 1.82) is 0 Å². The highest BCUT2D eigenvalue weighted by molar-refractivity contribution is 7.10. The first-order valence-electron chi connectivity index (χ1n) is 6.78. The van der Waals surface area contributed by atoms with Crippen LogP contribution in [0.1, 0.15) is 24.6 Å². The Bertz CT molecular complexity index is 360. The Kier molecular flexibility index (Phi) is 5.49. The molecule has 1 unspecified atom stereocenters. The lowest BCUT2D eigenvalue weighted by molar-refractivity contribution is 0.222. The van der Waals surface area contributed by atoms with Crippen LogP contribution in [-0.4, -0.2) is 43.0 Å². The van der Waals surface area contributed by atoms with E-state index in [4.69, 9.17) is 11.6 Å². The lowest BCUT2D eigenvalue weighted by Crippen LogP contribution is -2.32. The summed E-state index contributed by atoms with van der Waals surface area (Å²) < 4.78 is 0. The van der Waals surface area contributed by atoms with Crippen LogP contribution in [0.5, 0.6) is 0 Å². The van der Waals surface area contributed by atoms with E-state index < -0.39 is 0 Å². The lowest BCUT2D eigenvalue weighted by Gasteiger charge is -2.25. The molecule has 1 aliphatic rings. The molecule has 0 saturated carbocycles. The van der Waals surface area contributed by atoms with Crippen LogP contribution in [0.2, 0.25) is 5.02 Å². The van der Waals surface area contributed by atoms with Gasteiger partial charge in [0.25, 0.3) is 0 Å². The molecular formula is C14H23ClN2S. The van der Waals surface area contributed by atoms with Gasteiger partial charge in [0.15, 0.2) is 0 Å². The molecule has 0 aromatic carbocycles. The van der Waals surface area contributed by atoms with Crippen LogP contribution in [0.25, 0.3) is 0 Å². The predicted octanol–water partition coefficient (Wildman–Crippen LogP) is 3.57. The SMILES string of the molecule is CC(CN(C)Cc1sccc1Cl)CN1CCCC1. The van der Waals surface area contributed by atoms with Gasteiger partial charge in [-0.1, -0.05) is 18.5 Å². The van der Waals surface area contributed by atoms with Crippen molar-refractivity contribution in [1.82, 2.24) is 9.80 Å². The van der Waals surface area contributed by atoms with Crippen LogP contribution in [0.15, 0.2) is 11.4 Å². The molecule has 2 heterocycles. The summed E-state index contributed by atoms with van der Waals surface area (Å²) in [5, 5.41) is 2.98. The van der Waals surface area contributed by atoms with Gasteiger partial charge in [-0.3, -0.25) is 0 Å². The van der Waals surface area contributed by atoms with E-state index in [0.29, 0.717) is 0 Å². The molecule has 1 fully saturated rings. The molecule has 1 saturated heterocycles. The average Bonchev–Trinajstić information content (AvgIpc) is 2.91. The third-order valence-electron chi connectivity index (χ3n) is 3.50. The van der Waals surface area contributed by atoms with E-state index in [-0.39, 0.29) is 0 Å². The average molecular weight is 287 g/mol. The Labute approximate surface area is 120 Å². The topological polar surface area (TPSA) is 6.48 Å². The molecule has 0 radical (unpaired) electrons. The summed E-state index contributed by atoms with van der Waals surface area (Å²) in [4.78, 5) is 6.27. The molecule has 0 N–H and O–H groups in total. The normalized spacial score (nSPS) is 18.7. The molecule has 0 spiro atoms. The van der Waals surface area contributed by atoms with Gasteiger partial charge < -0.3 is 9.80 Å². The summed E-state index contributed by atoms with van der Waals surface area (Å²) in [5.41, 5.74) is 0. The van der Waals surface area contributed by atoms with Crippen molar-refractivity contribution >= 4 is 22.9 Å². The number of hydrogen-bond acceptors (Lipinski definition) is 3. The van der Waals surface area contributed by atoms with E-state index in [9.17, 15) is 0 Å². The first-order valence-corrected chi connectivity index (χ1v) is 8.03. The summed E-state index contributed by atoms with van der Waals surface area (Å²) in [6.07, 6.45) is 2.76. The number of rotatable bonds is 6. The van der Waals surface area contributed by atoms with Crippen molar-refractivity contribution in [2.75, 3.05) is 33.2 Å². The van der Waals surface area contributed by atoms with E-state index in [0.717, 1.165) is 24.0 Å². The second kappa shape index (κ2) is 6.90. The second-order valence-electron chi connectivity index (χ2n) is 5.50. The largest absolute Gasteiger partial charge is 0.303 e. The molecule has 0 aliphatic carbocycles. The highest BCUT2D eigenvalue weighted by Crippen LogP contribution is 2.23. The third kappa shape index (κ3) is 4.23. The maximum atomic E-state index is 6.13. The van der Waals surface area contributed by atoms with Gasteiger partial charge in [-0.15, -0.1) is 11.3 Å². The van der Waals surface area contributed by atoms with Crippen LogP contribution in [-0.2, 0) is 6.54 Å². The standard InChI is InChI=1S/C14H23ClN2S/c1-12(10-17-6-3-4-7-17)9-16(2)11-14-13(15)5-8-18-14/h5,8,12H,3-4,6-7,9-11H2,1-2H3. The van der Waals surface area contributed by atoms with Crippen LogP contribution >= 0.6 is 22.9 Å². The van der Waals surface area contributed by atoms with Gasteiger partial charge in [0, 0.05) is 24.5 Å². The van der Waals surface area contributed by atoms with Gasteiger partial charge in [-0.2, -0.15) is 0 Å². The van der Waals surface area contributed by atoms with E-state index in [2.05, 4.69) is 29.2 Å². The van der Waals surface area contributed by atoms with Crippen molar-refractivity contribution in [2.24, 2.45) is 5.92 Å². The zero-order valence-electron chi connectivity index (χ0n) is 11.4. The molecule has 0 bridgehead atoms. The van der Waals surface area contributed by atoms with Crippen molar-refractivity contribution in [3.63, 3.8) is 0 Å². The molecule has 0 amide bonds. The van der Waals surface area contributed by atoms with Gasteiger partial charge in [0.1, 0.15) is 0 Å². The zero-order valence-corrected chi connectivity index (χ0v) is 12.9. The first-order chi connectivity index (χ1) is 8.65. The predicted molar refractivity (Wildman–Crippen MR) is 80.5 cm³/mol. The molecule has 2 rings (SSSR count). The van der Waals surface area contributed by atoms with Crippen molar-refractivity contribution in [3.8, 4) is 0 Å². The van der Waals surface area contributed by atoms with Gasteiger partial charge in [-0.25, -0.2) is 0 Å². The third-order valence-corrected chi connectivity index (χ3v) is 4.87. The van der Waals surface area contributed by atoms with E-state index in [1.54, 1.807) is 11.3 Å². The molecule has 2 nitrogen and oxygen atoms in total. The molecule has 18 heavy (non-hydrogen) atoms. The van der Waals surface area contributed by atoms with E-state index in [1.807, 2.05) is 6.07 Å². The summed E-state index contributed by atoms with van der Waals surface area (Å²) in [6.45, 7) is 8.30. The highest BCUT2D eigenvalue weighted by Gasteiger charge is 2.16. The molecular weight excluding hydrogens is 264 g/mol. The number of halogens is 1. The number of thiophene rings is 1. The summed E-state index contributed by atoms with van der Waals surface area (Å²) in [5.74, 6) is 0.729. The van der Waals surface area contributed by atoms with E-state index in [1.165, 1.54) is 37.4 Å². The van der Waals surface area contributed by atoms with E-state index >= 15 is 0 Å². The van der Waals surface area contributed by atoms with Crippen molar-refractivity contribution < 1.29 is 0 Å².